The summed E-state index contributed by atoms with van der Waals surface area (Å²) in [5.41, 5.74) is 0.122. The molecule has 0 aliphatic carbocycles. The molecule has 2 aromatic carbocycles. The van der Waals surface area contributed by atoms with Crippen LogP contribution in [0.1, 0.15) is 15.9 Å². The Balaban J connectivity index is 2.41. The highest BCUT2D eigenvalue weighted by molar-refractivity contribution is 9.10. The second-order valence-corrected chi connectivity index (χ2v) is 4.66. The van der Waals surface area contributed by atoms with Gasteiger partial charge >= 0.3 is 0 Å². The van der Waals surface area contributed by atoms with Gasteiger partial charge in [0.15, 0.2) is 5.78 Å². The number of hydrogen-bond acceptors (Lipinski definition) is 2. The van der Waals surface area contributed by atoms with E-state index in [2.05, 4.69) is 15.9 Å². The van der Waals surface area contributed by atoms with Crippen molar-refractivity contribution in [3.05, 3.63) is 63.6 Å². The van der Waals surface area contributed by atoms with Gasteiger partial charge in [-0.2, -0.15) is 0 Å². The minimum atomic E-state index is -0.676. The molecule has 2 rings (SSSR count). The Bertz CT molecular complexity index is 641. The van der Waals surface area contributed by atoms with Crippen molar-refractivity contribution in [1.29, 1.82) is 0 Å². The first-order valence-electron chi connectivity index (χ1n) is 5.36. The first-order valence-corrected chi connectivity index (χ1v) is 6.15. The van der Waals surface area contributed by atoms with Gasteiger partial charge in [0.05, 0.1) is 17.1 Å². The second-order valence-electron chi connectivity index (χ2n) is 3.80. The van der Waals surface area contributed by atoms with E-state index >= 15 is 0 Å². The van der Waals surface area contributed by atoms with E-state index in [1.807, 2.05) is 0 Å². The van der Waals surface area contributed by atoms with Gasteiger partial charge in [-0.3, -0.25) is 4.79 Å². The molecule has 0 saturated carbocycles. The summed E-state index contributed by atoms with van der Waals surface area (Å²) in [7, 11) is 1.41. The lowest BCUT2D eigenvalue weighted by Crippen LogP contribution is -2.05. The predicted octanol–water partition coefficient (Wildman–Crippen LogP) is 3.97. The zero-order valence-corrected chi connectivity index (χ0v) is 11.5. The van der Waals surface area contributed by atoms with Gasteiger partial charge in [-0.1, -0.05) is 0 Å². The average Bonchev–Trinajstić information content (AvgIpc) is 2.41. The number of rotatable bonds is 3. The highest BCUT2D eigenvalue weighted by Crippen LogP contribution is 2.22. The summed E-state index contributed by atoms with van der Waals surface area (Å²) in [5.74, 6) is -1.34. The lowest BCUT2D eigenvalue weighted by Gasteiger charge is -2.06. The largest absolute Gasteiger partial charge is 0.497 e. The summed E-state index contributed by atoms with van der Waals surface area (Å²) >= 11 is 2.99. The number of ketones is 1. The summed E-state index contributed by atoms with van der Waals surface area (Å²) in [6.45, 7) is 0. The smallest absolute Gasteiger partial charge is 0.196 e. The van der Waals surface area contributed by atoms with Crippen LogP contribution in [-0.4, -0.2) is 12.9 Å². The fourth-order valence-electron chi connectivity index (χ4n) is 1.60. The second kappa shape index (κ2) is 5.48. The zero-order chi connectivity index (χ0) is 14.0. The third kappa shape index (κ3) is 2.81. The minimum absolute atomic E-state index is 0.0840. The molecule has 0 bridgehead atoms. The van der Waals surface area contributed by atoms with Crippen molar-refractivity contribution in [2.45, 2.75) is 0 Å². The van der Waals surface area contributed by atoms with E-state index in [1.165, 1.54) is 31.4 Å². The molecule has 98 valence electrons. The van der Waals surface area contributed by atoms with Gasteiger partial charge < -0.3 is 4.74 Å². The van der Waals surface area contributed by atoms with E-state index in [4.69, 9.17) is 4.74 Å². The van der Waals surface area contributed by atoms with Gasteiger partial charge in [0, 0.05) is 11.6 Å². The molecule has 0 heterocycles. The molecule has 0 aliphatic rings. The van der Waals surface area contributed by atoms with Crippen LogP contribution in [0.25, 0.3) is 0 Å². The van der Waals surface area contributed by atoms with Gasteiger partial charge in [0.25, 0.3) is 0 Å². The van der Waals surface area contributed by atoms with Crippen molar-refractivity contribution in [2.75, 3.05) is 7.11 Å². The lowest BCUT2D eigenvalue weighted by atomic mass is 10.0. The molecular weight excluding hydrogens is 318 g/mol. The molecule has 0 aliphatic heterocycles. The van der Waals surface area contributed by atoms with Gasteiger partial charge in [0.2, 0.25) is 0 Å². The van der Waals surface area contributed by atoms with Gasteiger partial charge in [-0.25, -0.2) is 8.78 Å². The molecule has 0 radical (unpaired) electrons. The Labute approximate surface area is 117 Å². The van der Waals surface area contributed by atoms with Crippen LogP contribution in [0.5, 0.6) is 5.75 Å². The van der Waals surface area contributed by atoms with Gasteiger partial charge in [0.1, 0.15) is 17.4 Å². The number of carbonyl (C=O) groups is 1. The summed E-state index contributed by atoms with van der Waals surface area (Å²) in [6, 6.07) is 7.75. The van der Waals surface area contributed by atoms with E-state index in [-0.39, 0.29) is 15.6 Å². The molecule has 0 fully saturated rings. The van der Waals surface area contributed by atoms with Crippen LogP contribution in [0, 0.1) is 11.6 Å². The van der Waals surface area contributed by atoms with Crippen LogP contribution in [0.3, 0.4) is 0 Å². The Hall–Kier alpha value is -1.75. The zero-order valence-electron chi connectivity index (χ0n) is 9.91. The van der Waals surface area contributed by atoms with E-state index < -0.39 is 17.4 Å². The predicted molar refractivity (Wildman–Crippen MR) is 70.5 cm³/mol. The van der Waals surface area contributed by atoms with Crippen LogP contribution in [0.15, 0.2) is 40.9 Å². The summed E-state index contributed by atoms with van der Waals surface area (Å²) in [6.07, 6.45) is 0. The number of methoxy groups -OCH3 is 1. The third-order valence-corrected chi connectivity index (χ3v) is 3.21. The highest BCUT2D eigenvalue weighted by Gasteiger charge is 2.15. The Morgan fingerprint density at radius 2 is 1.84 bits per heavy atom. The monoisotopic (exact) mass is 326 g/mol. The van der Waals surface area contributed by atoms with Gasteiger partial charge in [-0.05, 0) is 46.3 Å². The standard InChI is InChI=1S/C14H9BrF2O2/c1-19-9-3-4-10(13(17)7-9)14(18)8-2-5-12(16)11(15)6-8/h2-7H,1H3. The molecular formula is C14H9BrF2O2. The third-order valence-electron chi connectivity index (χ3n) is 2.60. The molecule has 2 nitrogen and oxygen atoms in total. The molecule has 0 N–H and O–H groups in total. The number of halogens is 3. The van der Waals surface area contributed by atoms with Crippen LogP contribution in [0.4, 0.5) is 8.78 Å². The van der Waals surface area contributed by atoms with Crippen molar-refractivity contribution >= 4 is 21.7 Å². The van der Waals surface area contributed by atoms with Crippen molar-refractivity contribution < 1.29 is 18.3 Å². The maximum Gasteiger partial charge on any atom is 0.196 e. The van der Waals surface area contributed by atoms with E-state index in [1.54, 1.807) is 0 Å². The Morgan fingerprint density at radius 3 is 2.42 bits per heavy atom. The number of carbonyl (C=O) groups excluding carboxylic acids is 1. The maximum absolute atomic E-state index is 13.8. The van der Waals surface area contributed by atoms with E-state index in [9.17, 15) is 13.6 Å². The van der Waals surface area contributed by atoms with Crippen LogP contribution >= 0.6 is 15.9 Å². The number of ether oxygens (including phenoxy) is 1. The number of hydrogen-bond donors (Lipinski definition) is 0. The number of benzene rings is 2. The maximum atomic E-state index is 13.8. The van der Waals surface area contributed by atoms with Crippen molar-refractivity contribution in [3.8, 4) is 5.75 Å². The molecule has 0 unspecified atom stereocenters. The summed E-state index contributed by atoms with van der Waals surface area (Å²) in [5, 5.41) is 0. The van der Waals surface area contributed by atoms with Crippen molar-refractivity contribution in [1.82, 2.24) is 0 Å². The fourth-order valence-corrected chi connectivity index (χ4v) is 1.98. The van der Waals surface area contributed by atoms with E-state index in [0.29, 0.717) is 5.75 Å². The first-order chi connectivity index (χ1) is 9.02. The SMILES string of the molecule is COc1ccc(C(=O)c2ccc(F)c(Br)c2)c(F)c1. The summed E-state index contributed by atoms with van der Waals surface area (Å²) < 4.78 is 31.9. The van der Waals surface area contributed by atoms with E-state index in [0.717, 1.165) is 12.1 Å². The fraction of sp³-hybridized carbons (Fsp3) is 0.0714. The molecule has 19 heavy (non-hydrogen) atoms. The average molecular weight is 327 g/mol. The topological polar surface area (TPSA) is 26.3 Å². The molecule has 0 saturated heterocycles. The first kappa shape index (κ1) is 13.7. The highest BCUT2D eigenvalue weighted by atomic mass is 79.9. The quantitative estimate of drug-likeness (QED) is 0.798. The lowest BCUT2D eigenvalue weighted by molar-refractivity contribution is 0.103. The molecule has 2 aromatic rings. The Morgan fingerprint density at radius 1 is 1.11 bits per heavy atom. The molecule has 0 amide bonds. The van der Waals surface area contributed by atoms with Crippen molar-refractivity contribution in [3.63, 3.8) is 0 Å². The van der Waals surface area contributed by atoms with Crippen LogP contribution < -0.4 is 4.74 Å². The molecule has 5 heteroatoms. The Kier molecular flexibility index (Phi) is 3.95. The minimum Gasteiger partial charge on any atom is -0.497 e. The molecule has 0 aromatic heterocycles. The summed E-state index contributed by atoms with van der Waals surface area (Å²) in [4.78, 5) is 12.1. The van der Waals surface area contributed by atoms with Crippen molar-refractivity contribution in [2.24, 2.45) is 0 Å². The normalized spacial score (nSPS) is 10.3. The van der Waals surface area contributed by atoms with Crippen LogP contribution in [0.2, 0.25) is 0 Å². The molecule has 0 atom stereocenters. The van der Waals surface area contributed by atoms with Crippen LogP contribution in [-0.2, 0) is 0 Å². The van der Waals surface area contributed by atoms with Gasteiger partial charge in [-0.15, -0.1) is 0 Å². The molecule has 0 spiro atoms.